The lowest BCUT2D eigenvalue weighted by atomic mass is 10.2. The Hall–Kier alpha value is -1.03. The predicted octanol–water partition coefficient (Wildman–Crippen LogP) is 1.46. The summed E-state index contributed by atoms with van der Waals surface area (Å²) in [6.45, 7) is 3.75. The van der Waals surface area contributed by atoms with Gasteiger partial charge in [0.1, 0.15) is 12.4 Å². The summed E-state index contributed by atoms with van der Waals surface area (Å²) in [5.74, 6) is 1.39. The van der Waals surface area contributed by atoms with Crippen LogP contribution in [-0.2, 0) is 0 Å². The highest BCUT2D eigenvalue weighted by Gasteiger charge is 2.21. The smallest absolute Gasteiger partial charge is 0.254 e. The fourth-order valence-corrected chi connectivity index (χ4v) is 1.78. The number of ether oxygens (including phenoxy) is 1. The third-order valence-corrected chi connectivity index (χ3v) is 2.70. The lowest BCUT2D eigenvalue weighted by molar-refractivity contribution is 0.186. The topological polar surface area (TPSA) is 38.5 Å². The molecule has 1 atom stereocenters. The summed E-state index contributed by atoms with van der Waals surface area (Å²) in [6.07, 6.45) is 2.48. The molecule has 0 radical (unpaired) electrons. The van der Waals surface area contributed by atoms with Crippen molar-refractivity contribution in [1.82, 2.24) is 10.1 Å². The van der Waals surface area contributed by atoms with Gasteiger partial charge in [-0.15, -0.1) is 0 Å². The summed E-state index contributed by atoms with van der Waals surface area (Å²) in [7, 11) is 2.13. The van der Waals surface area contributed by atoms with Gasteiger partial charge in [0.25, 0.3) is 5.88 Å². The molecule has 2 rings (SSSR count). The predicted molar refractivity (Wildman–Crippen MR) is 52.4 cm³/mol. The van der Waals surface area contributed by atoms with Crippen LogP contribution in [0.3, 0.4) is 0 Å². The Labute approximate surface area is 83.8 Å². The van der Waals surface area contributed by atoms with Crippen LogP contribution >= 0.6 is 0 Å². The summed E-state index contributed by atoms with van der Waals surface area (Å²) in [5.41, 5.74) is 0. The van der Waals surface area contributed by atoms with E-state index in [1.807, 2.05) is 13.0 Å². The average molecular weight is 196 g/mol. The van der Waals surface area contributed by atoms with Crippen LogP contribution in [0, 0.1) is 6.92 Å². The van der Waals surface area contributed by atoms with Crippen molar-refractivity contribution >= 4 is 0 Å². The van der Waals surface area contributed by atoms with E-state index in [1.54, 1.807) is 0 Å². The van der Waals surface area contributed by atoms with E-state index in [1.165, 1.54) is 19.4 Å². The molecule has 78 valence electrons. The molecule has 2 heterocycles. The molecule has 0 spiro atoms. The lowest BCUT2D eigenvalue weighted by Crippen LogP contribution is -2.30. The van der Waals surface area contributed by atoms with Crippen molar-refractivity contribution in [3.05, 3.63) is 11.8 Å². The van der Waals surface area contributed by atoms with Crippen LogP contribution in [0.2, 0.25) is 0 Å². The standard InChI is InChI=1S/C10H16N2O2/c1-8-6-10(11-14-8)13-7-9-4-3-5-12(9)2/h6,9H,3-5,7H2,1-2H3. The Kier molecular flexibility index (Phi) is 2.72. The minimum Gasteiger partial charge on any atom is -0.474 e. The van der Waals surface area contributed by atoms with Crippen molar-refractivity contribution in [2.45, 2.75) is 25.8 Å². The van der Waals surface area contributed by atoms with Crippen LogP contribution in [0.15, 0.2) is 10.6 Å². The van der Waals surface area contributed by atoms with Crippen LogP contribution in [0.5, 0.6) is 5.88 Å². The van der Waals surface area contributed by atoms with Crippen LogP contribution < -0.4 is 4.74 Å². The van der Waals surface area contributed by atoms with Crippen molar-refractivity contribution in [3.63, 3.8) is 0 Å². The summed E-state index contributed by atoms with van der Waals surface area (Å²) in [6, 6.07) is 2.35. The molecule has 1 aromatic rings. The number of nitrogens with zero attached hydrogens (tertiary/aromatic N) is 2. The maximum Gasteiger partial charge on any atom is 0.254 e. The maximum absolute atomic E-state index is 5.53. The summed E-state index contributed by atoms with van der Waals surface area (Å²) in [4.78, 5) is 2.33. The fraction of sp³-hybridized carbons (Fsp3) is 0.700. The van der Waals surface area contributed by atoms with Crippen LogP contribution in [0.1, 0.15) is 18.6 Å². The van der Waals surface area contributed by atoms with E-state index in [0.29, 0.717) is 18.5 Å². The number of hydrogen-bond acceptors (Lipinski definition) is 4. The molecule has 1 fully saturated rings. The second-order valence-electron chi connectivity index (χ2n) is 3.86. The molecule has 1 aliphatic rings. The lowest BCUT2D eigenvalue weighted by Gasteiger charge is -2.18. The van der Waals surface area contributed by atoms with E-state index in [9.17, 15) is 0 Å². The zero-order valence-electron chi connectivity index (χ0n) is 8.69. The van der Waals surface area contributed by atoms with Crippen molar-refractivity contribution in [2.75, 3.05) is 20.2 Å². The Bertz CT molecular complexity index is 298. The Balaban J connectivity index is 1.82. The first-order valence-corrected chi connectivity index (χ1v) is 5.02. The first-order chi connectivity index (χ1) is 6.75. The molecule has 1 saturated heterocycles. The summed E-state index contributed by atoms with van der Waals surface area (Å²) >= 11 is 0. The molecule has 4 heteroatoms. The summed E-state index contributed by atoms with van der Waals surface area (Å²) in [5, 5.41) is 3.79. The van der Waals surface area contributed by atoms with Crippen LogP contribution in [0.25, 0.3) is 0 Å². The third-order valence-electron chi connectivity index (χ3n) is 2.70. The van der Waals surface area contributed by atoms with E-state index in [-0.39, 0.29) is 0 Å². The number of likely N-dealkylation sites (N-methyl/N-ethyl adjacent to an activating group) is 1. The number of rotatable bonds is 3. The van der Waals surface area contributed by atoms with Gasteiger partial charge in [0.2, 0.25) is 0 Å². The molecule has 0 N–H and O–H groups in total. The number of aryl methyl sites for hydroxylation is 1. The largest absolute Gasteiger partial charge is 0.474 e. The number of aromatic nitrogens is 1. The molecule has 0 aromatic carbocycles. The normalized spacial score (nSPS) is 22.9. The van der Waals surface area contributed by atoms with E-state index in [2.05, 4.69) is 17.1 Å². The molecule has 1 unspecified atom stereocenters. The maximum atomic E-state index is 5.53. The zero-order chi connectivity index (χ0) is 9.97. The number of likely N-dealkylation sites (tertiary alicyclic amines) is 1. The van der Waals surface area contributed by atoms with E-state index < -0.39 is 0 Å². The highest BCUT2D eigenvalue weighted by Crippen LogP contribution is 2.17. The monoisotopic (exact) mass is 196 g/mol. The molecule has 14 heavy (non-hydrogen) atoms. The van der Waals surface area contributed by atoms with Crippen molar-refractivity contribution in [3.8, 4) is 5.88 Å². The molecule has 1 aliphatic heterocycles. The Morgan fingerprint density at radius 3 is 3.14 bits per heavy atom. The van der Waals surface area contributed by atoms with Crippen molar-refractivity contribution in [1.29, 1.82) is 0 Å². The van der Waals surface area contributed by atoms with E-state index in [4.69, 9.17) is 9.26 Å². The van der Waals surface area contributed by atoms with Gasteiger partial charge in [-0.3, -0.25) is 0 Å². The Morgan fingerprint density at radius 2 is 2.57 bits per heavy atom. The first-order valence-electron chi connectivity index (χ1n) is 5.02. The molecule has 0 saturated carbocycles. The van der Waals surface area contributed by atoms with Gasteiger partial charge in [-0.1, -0.05) is 0 Å². The second kappa shape index (κ2) is 4.00. The summed E-state index contributed by atoms with van der Waals surface area (Å²) < 4.78 is 10.5. The Morgan fingerprint density at radius 1 is 1.71 bits per heavy atom. The highest BCUT2D eigenvalue weighted by atomic mass is 16.5. The van der Waals surface area contributed by atoms with Gasteiger partial charge in [-0.05, 0) is 38.5 Å². The van der Waals surface area contributed by atoms with Gasteiger partial charge in [-0.2, -0.15) is 0 Å². The first kappa shape index (κ1) is 9.52. The van der Waals surface area contributed by atoms with Gasteiger partial charge in [0, 0.05) is 12.1 Å². The average Bonchev–Trinajstić information content (AvgIpc) is 2.72. The molecule has 0 amide bonds. The van der Waals surface area contributed by atoms with Gasteiger partial charge in [0.15, 0.2) is 0 Å². The van der Waals surface area contributed by atoms with Crippen molar-refractivity contribution < 1.29 is 9.26 Å². The molecule has 0 bridgehead atoms. The van der Waals surface area contributed by atoms with Crippen molar-refractivity contribution in [2.24, 2.45) is 0 Å². The number of hydrogen-bond donors (Lipinski definition) is 0. The van der Waals surface area contributed by atoms with Crippen LogP contribution in [-0.4, -0.2) is 36.3 Å². The SMILES string of the molecule is Cc1cc(OCC2CCCN2C)no1. The zero-order valence-corrected chi connectivity index (χ0v) is 8.69. The molecule has 1 aromatic heterocycles. The van der Waals surface area contributed by atoms with Crippen LogP contribution in [0.4, 0.5) is 0 Å². The second-order valence-corrected chi connectivity index (χ2v) is 3.86. The van der Waals surface area contributed by atoms with Gasteiger partial charge < -0.3 is 14.2 Å². The quantitative estimate of drug-likeness (QED) is 0.733. The minimum atomic E-state index is 0.534. The van der Waals surface area contributed by atoms with Gasteiger partial charge >= 0.3 is 0 Å². The van der Waals surface area contributed by atoms with Gasteiger partial charge in [-0.25, -0.2) is 0 Å². The molecule has 4 nitrogen and oxygen atoms in total. The van der Waals surface area contributed by atoms with E-state index in [0.717, 1.165) is 5.76 Å². The molecule has 0 aliphatic carbocycles. The minimum absolute atomic E-state index is 0.534. The third kappa shape index (κ3) is 2.07. The highest BCUT2D eigenvalue weighted by molar-refractivity contribution is 5.09. The van der Waals surface area contributed by atoms with Gasteiger partial charge in [0.05, 0.1) is 0 Å². The fourth-order valence-electron chi connectivity index (χ4n) is 1.78. The van der Waals surface area contributed by atoms with E-state index >= 15 is 0 Å². The molecular weight excluding hydrogens is 180 g/mol. The molecular formula is C10H16N2O2.